The first-order valence-corrected chi connectivity index (χ1v) is 7.71. The fraction of sp³-hybridized carbons (Fsp3) is 0.368. The first kappa shape index (κ1) is 16.1. The fourth-order valence-electron chi connectivity index (χ4n) is 2.76. The predicted octanol–water partition coefficient (Wildman–Crippen LogP) is 5.30. The standard InChI is InChI=1S/C19H24ClN/c1-12-11-17(20)13(2)10-15(12)18(21)14-8-6-7-9-16(14)19(3,4)5/h6-11,18H,21H2,1-5H3. The first-order chi connectivity index (χ1) is 9.71. The van der Waals surface area contributed by atoms with Crippen LogP contribution in [-0.2, 0) is 5.41 Å². The average Bonchev–Trinajstić information content (AvgIpc) is 2.41. The van der Waals surface area contributed by atoms with Gasteiger partial charge in [0.05, 0.1) is 6.04 Å². The van der Waals surface area contributed by atoms with Gasteiger partial charge in [-0.1, -0.05) is 62.7 Å². The number of halogens is 1. The molecule has 2 heteroatoms. The van der Waals surface area contributed by atoms with Gasteiger partial charge < -0.3 is 5.73 Å². The molecule has 0 radical (unpaired) electrons. The Morgan fingerprint density at radius 2 is 1.57 bits per heavy atom. The van der Waals surface area contributed by atoms with Gasteiger partial charge in [0, 0.05) is 5.02 Å². The van der Waals surface area contributed by atoms with Crippen molar-refractivity contribution in [3.05, 3.63) is 69.2 Å². The van der Waals surface area contributed by atoms with Crippen LogP contribution in [0.2, 0.25) is 5.02 Å². The Kier molecular flexibility index (Phi) is 4.46. The predicted molar refractivity (Wildman–Crippen MR) is 92.1 cm³/mol. The lowest BCUT2D eigenvalue weighted by molar-refractivity contribution is 0.577. The van der Waals surface area contributed by atoms with Crippen LogP contribution in [0.1, 0.15) is 54.6 Å². The molecule has 1 unspecified atom stereocenters. The van der Waals surface area contributed by atoms with Gasteiger partial charge in [-0.25, -0.2) is 0 Å². The summed E-state index contributed by atoms with van der Waals surface area (Å²) in [6.07, 6.45) is 0. The molecule has 0 spiro atoms. The van der Waals surface area contributed by atoms with Crippen molar-refractivity contribution in [2.45, 2.75) is 46.1 Å². The van der Waals surface area contributed by atoms with E-state index in [1.165, 1.54) is 11.1 Å². The van der Waals surface area contributed by atoms with Gasteiger partial charge in [-0.15, -0.1) is 0 Å². The van der Waals surface area contributed by atoms with E-state index in [2.05, 4.69) is 58.0 Å². The molecule has 0 bridgehead atoms. The third-order valence-electron chi connectivity index (χ3n) is 3.99. The molecule has 112 valence electrons. The molecule has 0 aliphatic carbocycles. The molecule has 0 aromatic heterocycles. The summed E-state index contributed by atoms with van der Waals surface area (Å²) in [4.78, 5) is 0. The topological polar surface area (TPSA) is 26.0 Å². The van der Waals surface area contributed by atoms with Gasteiger partial charge in [-0.2, -0.15) is 0 Å². The van der Waals surface area contributed by atoms with Gasteiger partial charge in [0.15, 0.2) is 0 Å². The number of hydrogen-bond donors (Lipinski definition) is 1. The zero-order valence-corrected chi connectivity index (χ0v) is 14.3. The highest BCUT2D eigenvalue weighted by Crippen LogP contribution is 2.33. The molecule has 1 nitrogen and oxygen atoms in total. The Balaban J connectivity index is 2.56. The quantitative estimate of drug-likeness (QED) is 0.800. The van der Waals surface area contributed by atoms with Gasteiger partial charge in [0.25, 0.3) is 0 Å². The molecule has 0 fully saturated rings. The van der Waals surface area contributed by atoms with Crippen molar-refractivity contribution >= 4 is 11.6 Å². The number of nitrogens with two attached hydrogens (primary N) is 1. The van der Waals surface area contributed by atoms with Crippen molar-refractivity contribution in [2.75, 3.05) is 0 Å². The van der Waals surface area contributed by atoms with Crippen LogP contribution in [-0.4, -0.2) is 0 Å². The molecule has 2 aromatic carbocycles. The van der Waals surface area contributed by atoms with Gasteiger partial charge >= 0.3 is 0 Å². The zero-order valence-electron chi connectivity index (χ0n) is 13.5. The molecule has 2 aromatic rings. The highest BCUT2D eigenvalue weighted by Gasteiger charge is 2.22. The minimum Gasteiger partial charge on any atom is -0.320 e. The summed E-state index contributed by atoms with van der Waals surface area (Å²) in [7, 11) is 0. The second-order valence-corrected chi connectivity index (χ2v) is 7.18. The molecule has 0 saturated carbocycles. The van der Waals surface area contributed by atoms with Gasteiger partial charge in [0.1, 0.15) is 0 Å². The summed E-state index contributed by atoms with van der Waals surface area (Å²) in [6, 6.07) is 12.4. The van der Waals surface area contributed by atoms with E-state index in [0.717, 1.165) is 21.7 Å². The normalized spacial score (nSPS) is 13.3. The summed E-state index contributed by atoms with van der Waals surface area (Å²) < 4.78 is 0. The molecule has 2 rings (SSSR count). The summed E-state index contributed by atoms with van der Waals surface area (Å²) >= 11 is 6.20. The summed E-state index contributed by atoms with van der Waals surface area (Å²) in [5.41, 5.74) is 12.5. The highest BCUT2D eigenvalue weighted by molar-refractivity contribution is 6.31. The van der Waals surface area contributed by atoms with Crippen LogP contribution in [0.4, 0.5) is 0 Å². The summed E-state index contributed by atoms with van der Waals surface area (Å²) in [5, 5.41) is 0.799. The van der Waals surface area contributed by atoms with Crippen molar-refractivity contribution in [3.63, 3.8) is 0 Å². The lowest BCUT2D eigenvalue weighted by Gasteiger charge is -2.27. The van der Waals surface area contributed by atoms with Gasteiger partial charge in [-0.05, 0) is 53.1 Å². The third-order valence-corrected chi connectivity index (χ3v) is 4.39. The molecule has 1 atom stereocenters. The number of rotatable bonds is 2. The summed E-state index contributed by atoms with van der Waals surface area (Å²) in [5.74, 6) is 0. The van der Waals surface area contributed by atoms with E-state index in [-0.39, 0.29) is 11.5 Å². The van der Waals surface area contributed by atoms with Crippen molar-refractivity contribution in [2.24, 2.45) is 5.73 Å². The van der Waals surface area contributed by atoms with Crippen LogP contribution in [0.25, 0.3) is 0 Å². The molecule has 0 amide bonds. The maximum Gasteiger partial charge on any atom is 0.0557 e. The van der Waals surface area contributed by atoms with E-state index in [0.29, 0.717) is 0 Å². The Labute approximate surface area is 133 Å². The van der Waals surface area contributed by atoms with Crippen LogP contribution in [0.5, 0.6) is 0 Å². The minimum absolute atomic E-state index is 0.0730. The van der Waals surface area contributed by atoms with E-state index >= 15 is 0 Å². The van der Waals surface area contributed by atoms with E-state index in [9.17, 15) is 0 Å². The number of hydrogen-bond acceptors (Lipinski definition) is 1. The smallest absolute Gasteiger partial charge is 0.0557 e. The first-order valence-electron chi connectivity index (χ1n) is 7.33. The molecule has 2 N–H and O–H groups in total. The Morgan fingerprint density at radius 3 is 2.19 bits per heavy atom. The molecule has 21 heavy (non-hydrogen) atoms. The van der Waals surface area contributed by atoms with Crippen molar-refractivity contribution in [1.29, 1.82) is 0 Å². The molecule has 0 saturated heterocycles. The van der Waals surface area contributed by atoms with Gasteiger partial charge in [0.2, 0.25) is 0 Å². The fourth-order valence-corrected chi connectivity index (χ4v) is 2.98. The monoisotopic (exact) mass is 301 g/mol. The minimum atomic E-state index is -0.128. The second kappa shape index (κ2) is 5.82. The Morgan fingerprint density at radius 1 is 0.952 bits per heavy atom. The molecular formula is C19H24ClN. The highest BCUT2D eigenvalue weighted by atomic mass is 35.5. The molecule has 0 aliphatic rings. The summed E-state index contributed by atoms with van der Waals surface area (Å²) in [6.45, 7) is 10.8. The lowest BCUT2D eigenvalue weighted by atomic mass is 9.80. The van der Waals surface area contributed by atoms with E-state index < -0.39 is 0 Å². The SMILES string of the molecule is Cc1cc(C(N)c2ccccc2C(C)(C)C)c(C)cc1Cl. The molecule has 0 aliphatic heterocycles. The zero-order chi connectivity index (χ0) is 15.8. The van der Waals surface area contributed by atoms with Crippen molar-refractivity contribution in [3.8, 4) is 0 Å². The second-order valence-electron chi connectivity index (χ2n) is 6.77. The van der Waals surface area contributed by atoms with Crippen molar-refractivity contribution in [1.82, 2.24) is 0 Å². The molecule has 0 heterocycles. The van der Waals surface area contributed by atoms with Crippen LogP contribution in [0, 0.1) is 13.8 Å². The third kappa shape index (κ3) is 3.30. The van der Waals surface area contributed by atoms with Crippen LogP contribution in [0.3, 0.4) is 0 Å². The molecular weight excluding hydrogens is 278 g/mol. The van der Waals surface area contributed by atoms with E-state index in [4.69, 9.17) is 17.3 Å². The lowest BCUT2D eigenvalue weighted by Crippen LogP contribution is -2.21. The van der Waals surface area contributed by atoms with Crippen molar-refractivity contribution < 1.29 is 0 Å². The number of benzene rings is 2. The number of aryl methyl sites for hydroxylation is 2. The van der Waals surface area contributed by atoms with Crippen LogP contribution < -0.4 is 5.73 Å². The van der Waals surface area contributed by atoms with E-state index in [1.807, 2.05) is 13.0 Å². The van der Waals surface area contributed by atoms with E-state index in [1.54, 1.807) is 0 Å². The maximum absolute atomic E-state index is 6.59. The Hall–Kier alpha value is -1.31. The largest absolute Gasteiger partial charge is 0.320 e. The van der Waals surface area contributed by atoms with Crippen LogP contribution in [0.15, 0.2) is 36.4 Å². The van der Waals surface area contributed by atoms with Crippen LogP contribution >= 0.6 is 11.6 Å². The maximum atomic E-state index is 6.59. The Bertz CT molecular complexity index is 653. The van der Waals surface area contributed by atoms with Gasteiger partial charge in [-0.3, -0.25) is 0 Å². The average molecular weight is 302 g/mol.